The third kappa shape index (κ3) is 3.23. The predicted octanol–water partition coefficient (Wildman–Crippen LogP) is 3.30. The number of carbonyl (C=O) groups excluding carboxylic acids is 1. The zero-order valence-corrected chi connectivity index (χ0v) is 11.5. The summed E-state index contributed by atoms with van der Waals surface area (Å²) in [5.74, 6) is 1.14. The van der Waals surface area contributed by atoms with Crippen molar-refractivity contribution < 1.29 is 4.79 Å². The molecule has 2 aromatic carbocycles. The third-order valence-electron chi connectivity index (χ3n) is 2.68. The Morgan fingerprint density at radius 1 is 0.944 bits per heavy atom. The van der Waals surface area contributed by atoms with Gasteiger partial charge in [-0.25, -0.2) is 0 Å². The van der Waals surface area contributed by atoms with Gasteiger partial charge in [0.1, 0.15) is 5.75 Å². The SMILES string of the molecule is C[S+](C)Cc1cccc(C(=O)c2ccccc2)c1. The van der Waals surface area contributed by atoms with Gasteiger partial charge in [0, 0.05) is 16.7 Å². The third-order valence-corrected chi connectivity index (χ3v) is 3.59. The lowest BCUT2D eigenvalue weighted by atomic mass is 10.0. The van der Waals surface area contributed by atoms with E-state index in [-0.39, 0.29) is 5.78 Å². The van der Waals surface area contributed by atoms with E-state index in [1.54, 1.807) is 0 Å². The lowest BCUT2D eigenvalue weighted by Gasteiger charge is -2.03. The molecule has 0 bridgehead atoms. The molecule has 0 amide bonds. The smallest absolute Gasteiger partial charge is 0.193 e. The first-order valence-electron chi connectivity index (χ1n) is 5.89. The molecule has 0 aliphatic carbocycles. The molecule has 0 heterocycles. The van der Waals surface area contributed by atoms with Crippen molar-refractivity contribution in [2.45, 2.75) is 5.75 Å². The minimum atomic E-state index is 0.101. The molecule has 0 atom stereocenters. The molecule has 0 aliphatic heterocycles. The van der Waals surface area contributed by atoms with Crippen molar-refractivity contribution in [3.8, 4) is 0 Å². The van der Waals surface area contributed by atoms with Crippen molar-refractivity contribution in [3.05, 3.63) is 71.3 Å². The number of hydrogen-bond acceptors (Lipinski definition) is 1. The van der Waals surface area contributed by atoms with Crippen molar-refractivity contribution in [1.29, 1.82) is 0 Å². The second-order valence-electron chi connectivity index (χ2n) is 4.53. The van der Waals surface area contributed by atoms with Gasteiger partial charge < -0.3 is 0 Å². The van der Waals surface area contributed by atoms with Crippen LogP contribution in [0.5, 0.6) is 0 Å². The molecule has 2 heteroatoms. The highest BCUT2D eigenvalue weighted by Gasteiger charge is 2.11. The molecule has 0 radical (unpaired) electrons. The summed E-state index contributed by atoms with van der Waals surface area (Å²) >= 11 is 0. The van der Waals surface area contributed by atoms with Crippen LogP contribution >= 0.6 is 0 Å². The van der Waals surface area contributed by atoms with Crippen LogP contribution in [0.3, 0.4) is 0 Å². The Balaban J connectivity index is 2.26. The van der Waals surface area contributed by atoms with Crippen molar-refractivity contribution in [1.82, 2.24) is 0 Å². The number of benzene rings is 2. The van der Waals surface area contributed by atoms with Gasteiger partial charge in [0.05, 0.1) is 12.5 Å². The highest BCUT2D eigenvalue weighted by Crippen LogP contribution is 2.13. The Bertz CT molecular complexity index is 532. The monoisotopic (exact) mass is 257 g/mol. The maximum absolute atomic E-state index is 12.3. The summed E-state index contributed by atoms with van der Waals surface area (Å²) in [4.78, 5) is 12.3. The van der Waals surface area contributed by atoms with Gasteiger partial charge in [-0.2, -0.15) is 0 Å². The molecule has 0 saturated heterocycles. The summed E-state index contributed by atoms with van der Waals surface area (Å²) in [6.45, 7) is 0. The predicted molar refractivity (Wildman–Crippen MR) is 79.2 cm³/mol. The molecule has 0 unspecified atom stereocenters. The minimum absolute atomic E-state index is 0.101. The number of rotatable bonds is 4. The second kappa shape index (κ2) is 5.87. The number of carbonyl (C=O) groups is 1. The van der Waals surface area contributed by atoms with Crippen LogP contribution in [-0.2, 0) is 16.6 Å². The lowest BCUT2D eigenvalue weighted by Crippen LogP contribution is -2.04. The van der Waals surface area contributed by atoms with E-state index in [9.17, 15) is 4.79 Å². The van der Waals surface area contributed by atoms with Gasteiger partial charge in [-0.05, 0) is 17.0 Å². The van der Waals surface area contributed by atoms with E-state index >= 15 is 0 Å². The molecule has 1 nitrogen and oxygen atoms in total. The largest absolute Gasteiger partial charge is 0.289 e. The molecule has 2 aromatic rings. The summed E-state index contributed by atoms with van der Waals surface area (Å²) in [6, 6.07) is 17.4. The Kier molecular flexibility index (Phi) is 4.21. The van der Waals surface area contributed by atoms with Gasteiger partial charge in [-0.3, -0.25) is 4.79 Å². The molecule has 0 N–H and O–H groups in total. The Labute approximate surface area is 111 Å². The van der Waals surface area contributed by atoms with E-state index in [1.165, 1.54) is 5.56 Å². The summed E-state index contributed by atoms with van der Waals surface area (Å²) in [7, 11) is 0.356. The Morgan fingerprint density at radius 2 is 1.61 bits per heavy atom. The first kappa shape index (κ1) is 12.9. The highest BCUT2D eigenvalue weighted by molar-refractivity contribution is 7.94. The maximum Gasteiger partial charge on any atom is 0.193 e. The number of hydrogen-bond donors (Lipinski definition) is 0. The Hall–Kier alpha value is -1.54. The average Bonchev–Trinajstić information content (AvgIpc) is 2.38. The molecule has 92 valence electrons. The molecule has 2 rings (SSSR count). The summed E-state index contributed by atoms with van der Waals surface area (Å²) in [5.41, 5.74) is 2.77. The maximum atomic E-state index is 12.3. The van der Waals surface area contributed by atoms with Crippen LogP contribution in [0, 0.1) is 0 Å². The fraction of sp³-hybridized carbons (Fsp3) is 0.188. The van der Waals surface area contributed by atoms with Crippen LogP contribution < -0.4 is 0 Å². The van der Waals surface area contributed by atoms with Gasteiger partial charge >= 0.3 is 0 Å². The van der Waals surface area contributed by atoms with Crippen molar-refractivity contribution in [2.75, 3.05) is 12.5 Å². The molecule has 0 fully saturated rings. The lowest BCUT2D eigenvalue weighted by molar-refractivity contribution is 0.103. The molecular weight excluding hydrogens is 240 g/mol. The summed E-state index contributed by atoms with van der Waals surface area (Å²) < 4.78 is 0. The van der Waals surface area contributed by atoms with Crippen LogP contribution in [0.1, 0.15) is 21.5 Å². The van der Waals surface area contributed by atoms with E-state index in [4.69, 9.17) is 0 Å². The Morgan fingerprint density at radius 3 is 2.28 bits per heavy atom. The molecule has 0 spiro atoms. The fourth-order valence-electron chi connectivity index (χ4n) is 1.89. The molecular formula is C16H17OS+. The van der Waals surface area contributed by atoms with Gasteiger partial charge in [0.15, 0.2) is 5.78 Å². The van der Waals surface area contributed by atoms with Gasteiger partial charge in [0.25, 0.3) is 0 Å². The van der Waals surface area contributed by atoms with E-state index < -0.39 is 0 Å². The van der Waals surface area contributed by atoms with E-state index in [0.29, 0.717) is 10.9 Å². The molecule has 0 saturated carbocycles. The van der Waals surface area contributed by atoms with Gasteiger partial charge in [0.2, 0.25) is 0 Å². The van der Waals surface area contributed by atoms with Crippen LogP contribution in [0.25, 0.3) is 0 Å². The quantitative estimate of drug-likeness (QED) is 0.607. The molecule has 0 aromatic heterocycles. The van der Waals surface area contributed by atoms with Crippen molar-refractivity contribution in [3.63, 3.8) is 0 Å². The minimum Gasteiger partial charge on any atom is -0.289 e. The normalized spacial score (nSPS) is 10.6. The first-order valence-corrected chi connectivity index (χ1v) is 8.11. The van der Waals surface area contributed by atoms with Crippen LogP contribution in [-0.4, -0.2) is 18.3 Å². The average molecular weight is 257 g/mol. The standard InChI is InChI=1S/C16H17OS/c1-18(2)12-13-7-6-10-15(11-13)16(17)14-8-4-3-5-9-14/h3-11H,12H2,1-2H3/q+1. The van der Waals surface area contributed by atoms with Gasteiger partial charge in [-0.1, -0.05) is 48.5 Å². The zero-order chi connectivity index (χ0) is 13.0. The van der Waals surface area contributed by atoms with Crippen LogP contribution in [0.4, 0.5) is 0 Å². The van der Waals surface area contributed by atoms with Crippen LogP contribution in [0.15, 0.2) is 54.6 Å². The summed E-state index contributed by atoms with van der Waals surface area (Å²) in [5, 5.41) is 0. The van der Waals surface area contributed by atoms with E-state index in [2.05, 4.69) is 18.6 Å². The highest BCUT2D eigenvalue weighted by atomic mass is 32.2. The fourth-order valence-corrected chi connectivity index (χ4v) is 2.74. The summed E-state index contributed by atoms with van der Waals surface area (Å²) in [6.07, 6.45) is 4.43. The van der Waals surface area contributed by atoms with Gasteiger partial charge in [-0.15, -0.1) is 0 Å². The molecule has 0 aliphatic rings. The zero-order valence-electron chi connectivity index (χ0n) is 10.7. The van der Waals surface area contributed by atoms with Crippen molar-refractivity contribution >= 4 is 16.7 Å². The van der Waals surface area contributed by atoms with E-state index in [1.807, 2.05) is 48.5 Å². The topological polar surface area (TPSA) is 17.1 Å². The second-order valence-corrected chi connectivity index (χ2v) is 6.79. The van der Waals surface area contributed by atoms with Crippen LogP contribution in [0.2, 0.25) is 0 Å². The molecule has 18 heavy (non-hydrogen) atoms. The van der Waals surface area contributed by atoms with E-state index in [0.717, 1.165) is 16.9 Å². The number of ketones is 1. The first-order chi connectivity index (χ1) is 8.66. The van der Waals surface area contributed by atoms with Crippen molar-refractivity contribution in [2.24, 2.45) is 0 Å².